The third kappa shape index (κ3) is 3.83. The minimum atomic E-state index is 0.280. The Morgan fingerprint density at radius 3 is 2.78 bits per heavy atom. The van der Waals surface area contributed by atoms with Crippen LogP contribution in [-0.2, 0) is 0 Å². The lowest BCUT2D eigenvalue weighted by molar-refractivity contribution is 0.154. The van der Waals surface area contributed by atoms with E-state index in [0.29, 0.717) is 0 Å². The van der Waals surface area contributed by atoms with Crippen LogP contribution in [0.1, 0.15) is 32.1 Å². The molecule has 0 spiro atoms. The number of thiophene rings is 1. The first-order chi connectivity index (χ1) is 17.8. The highest BCUT2D eigenvalue weighted by molar-refractivity contribution is 7.13. The minimum Gasteiger partial charge on any atom is -0.489 e. The second-order valence-electron chi connectivity index (χ2n) is 9.23. The van der Waals surface area contributed by atoms with Gasteiger partial charge in [-0.3, -0.25) is 15.1 Å². The van der Waals surface area contributed by atoms with Crippen molar-refractivity contribution in [1.29, 1.82) is 0 Å². The second kappa shape index (κ2) is 8.87. The summed E-state index contributed by atoms with van der Waals surface area (Å²) in [5.41, 5.74) is 7.13. The van der Waals surface area contributed by atoms with E-state index in [0.717, 1.165) is 73.7 Å². The van der Waals surface area contributed by atoms with Crippen LogP contribution < -0.4 is 4.74 Å². The Balaban J connectivity index is 1.26. The van der Waals surface area contributed by atoms with Crippen molar-refractivity contribution in [1.82, 2.24) is 30.1 Å². The Labute approximate surface area is 211 Å². The molecule has 178 valence electrons. The van der Waals surface area contributed by atoms with E-state index in [9.17, 15) is 0 Å². The Kier molecular flexibility index (Phi) is 5.24. The van der Waals surface area contributed by atoms with E-state index in [2.05, 4.69) is 42.7 Å². The van der Waals surface area contributed by atoms with Crippen molar-refractivity contribution < 1.29 is 4.74 Å². The fourth-order valence-corrected chi connectivity index (χ4v) is 5.77. The molecule has 7 nitrogen and oxygen atoms in total. The van der Waals surface area contributed by atoms with Gasteiger partial charge < -0.3 is 9.72 Å². The Bertz CT molecular complexity index is 1660. The van der Waals surface area contributed by atoms with Crippen molar-refractivity contribution in [3.8, 4) is 39.0 Å². The van der Waals surface area contributed by atoms with Crippen LogP contribution in [0.15, 0.2) is 66.4 Å². The zero-order valence-corrected chi connectivity index (χ0v) is 20.4. The van der Waals surface area contributed by atoms with Crippen LogP contribution in [-0.4, -0.2) is 36.2 Å². The molecule has 0 amide bonds. The molecule has 1 saturated carbocycles. The van der Waals surface area contributed by atoms with Gasteiger partial charge in [0.05, 0.1) is 39.8 Å². The van der Waals surface area contributed by atoms with E-state index in [4.69, 9.17) is 9.72 Å². The minimum absolute atomic E-state index is 0.280. The molecule has 0 atom stereocenters. The van der Waals surface area contributed by atoms with E-state index >= 15 is 0 Å². The molecule has 8 heteroatoms. The summed E-state index contributed by atoms with van der Waals surface area (Å²) >= 11 is 1.68. The van der Waals surface area contributed by atoms with Crippen molar-refractivity contribution in [3.05, 3.63) is 66.4 Å². The summed E-state index contributed by atoms with van der Waals surface area (Å²) < 4.78 is 6.24. The van der Waals surface area contributed by atoms with Gasteiger partial charge in [0.1, 0.15) is 17.0 Å². The topological polar surface area (TPSA) is 92.4 Å². The number of ether oxygens (including phenoxy) is 1. The number of nitrogens with one attached hydrogen (secondary N) is 2. The summed E-state index contributed by atoms with van der Waals surface area (Å²) in [6, 6.07) is 14.3. The smallest absolute Gasteiger partial charge is 0.138 e. The van der Waals surface area contributed by atoms with E-state index in [1.54, 1.807) is 17.5 Å². The summed E-state index contributed by atoms with van der Waals surface area (Å²) in [7, 11) is 0. The highest BCUT2D eigenvalue weighted by atomic mass is 32.1. The number of H-pyrrole nitrogens is 2. The molecule has 1 aliphatic rings. The van der Waals surface area contributed by atoms with Crippen LogP contribution in [0.4, 0.5) is 0 Å². The van der Waals surface area contributed by atoms with Gasteiger partial charge in [-0.1, -0.05) is 12.5 Å². The van der Waals surface area contributed by atoms with E-state index in [1.165, 1.54) is 19.3 Å². The largest absolute Gasteiger partial charge is 0.489 e. The predicted molar refractivity (Wildman–Crippen MR) is 143 cm³/mol. The maximum absolute atomic E-state index is 6.24. The molecule has 0 aromatic carbocycles. The lowest BCUT2D eigenvalue weighted by Gasteiger charge is -2.22. The molecule has 0 aliphatic heterocycles. The standard InChI is InChI=1S/C28H24N6OS/c1-2-5-18(6-3-1)35-19-13-17(15-29-16-19)21-8-9-23-27(32-21)28(34-33-23)24-14-20-22(31-24)10-11-30-26(20)25-7-4-12-36-25/h4,7-16,18,31H,1-3,5-6H2,(H,33,34). The zero-order chi connectivity index (χ0) is 23.9. The predicted octanol–water partition coefficient (Wildman–Crippen LogP) is 7.00. The number of hydrogen-bond donors (Lipinski definition) is 2. The highest BCUT2D eigenvalue weighted by Gasteiger charge is 2.18. The maximum atomic E-state index is 6.24. The van der Waals surface area contributed by atoms with Gasteiger partial charge in [-0.25, -0.2) is 4.98 Å². The number of hydrogen-bond acceptors (Lipinski definition) is 6. The molecule has 7 rings (SSSR count). The molecule has 2 N–H and O–H groups in total. The monoisotopic (exact) mass is 492 g/mol. The van der Waals surface area contributed by atoms with Gasteiger partial charge in [-0.15, -0.1) is 11.3 Å². The summed E-state index contributed by atoms with van der Waals surface area (Å²) in [4.78, 5) is 18.7. The van der Waals surface area contributed by atoms with E-state index < -0.39 is 0 Å². The van der Waals surface area contributed by atoms with Crippen molar-refractivity contribution >= 4 is 33.3 Å². The lowest BCUT2D eigenvalue weighted by atomic mass is 9.98. The van der Waals surface area contributed by atoms with Crippen LogP contribution in [0.3, 0.4) is 0 Å². The molecule has 0 radical (unpaired) electrons. The maximum Gasteiger partial charge on any atom is 0.138 e. The number of fused-ring (bicyclic) bond motifs is 2. The molecular formula is C28H24N6OS. The average molecular weight is 493 g/mol. The van der Waals surface area contributed by atoms with E-state index in [1.807, 2.05) is 42.7 Å². The van der Waals surface area contributed by atoms with Gasteiger partial charge in [0.15, 0.2) is 0 Å². The molecule has 6 aromatic rings. The molecule has 0 unspecified atom stereocenters. The fourth-order valence-electron chi connectivity index (χ4n) is 5.04. The average Bonchev–Trinajstić information content (AvgIpc) is 3.68. The molecule has 1 aliphatic carbocycles. The number of rotatable bonds is 5. The molecule has 36 heavy (non-hydrogen) atoms. The van der Waals surface area contributed by atoms with Gasteiger partial charge in [0.2, 0.25) is 0 Å². The summed E-state index contributed by atoms with van der Waals surface area (Å²) in [6.45, 7) is 0. The third-order valence-electron chi connectivity index (χ3n) is 6.83. The van der Waals surface area contributed by atoms with Crippen molar-refractivity contribution in [2.24, 2.45) is 0 Å². The number of aromatic amines is 2. The number of nitrogens with zero attached hydrogens (tertiary/aromatic N) is 4. The van der Waals surface area contributed by atoms with Gasteiger partial charge in [-0.05, 0) is 67.5 Å². The fraction of sp³-hybridized carbons (Fsp3) is 0.214. The Hall–Kier alpha value is -4.04. The Morgan fingerprint density at radius 1 is 0.944 bits per heavy atom. The van der Waals surface area contributed by atoms with E-state index in [-0.39, 0.29) is 6.10 Å². The van der Waals surface area contributed by atoms with Gasteiger partial charge in [0.25, 0.3) is 0 Å². The molecule has 6 heterocycles. The zero-order valence-electron chi connectivity index (χ0n) is 19.6. The molecule has 1 fully saturated rings. The lowest BCUT2D eigenvalue weighted by Crippen LogP contribution is -2.19. The number of aromatic nitrogens is 6. The van der Waals surface area contributed by atoms with Gasteiger partial charge >= 0.3 is 0 Å². The van der Waals surface area contributed by atoms with Crippen LogP contribution in [0.2, 0.25) is 0 Å². The Morgan fingerprint density at radius 2 is 1.89 bits per heavy atom. The first-order valence-electron chi connectivity index (χ1n) is 12.3. The van der Waals surface area contributed by atoms with Crippen LogP contribution in [0, 0.1) is 0 Å². The van der Waals surface area contributed by atoms with Gasteiger partial charge in [0, 0.05) is 28.9 Å². The SMILES string of the molecule is c1csc(-c2nccc3[nH]c(-c4n[nH]c5ccc(-c6cncc(OC7CCCCC7)c6)nc45)cc23)c1. The summed E-state index contributed by atoms with van der Waals surface area (Å²) in [5, 5.41) is 10.9. The molecular weight excluding hydrogens is 468 g/mol. The highest BCUT2D eigenvalue weighted by Crippen LogP contribution is 2.35. The van der Waals surface area contributed by atoms with Crippen LogP contribution in [0.25, 0.3) is 55.2 Å². The first kappa shape index (κ1) is 21.3. The van der Waals surface area contributed by atoms with Crippen LogP contribution >= 0.6 is 11.3 Å². The summed E-state index contributed by atoms with van der Waals surface area (Å²) in [6.07, 6.45) is 11.7. The molecule has 0 saturated heterocycles. The van der Waals surface area contributed by atoms with Crippen molar-refractivity contribution in [3.63, 3.8) is 0 Å². The summed E-state index contributed by atoms with van der Waals surface area (Å²) in [5.74, 6) is 0.804. The molecule has 0 bridgehead atoms. The third-order valence-corrected chi connectivity index (χ3v) is 7.71. The molecule has 6 aromatic heterocycles. The van der Waals surface area contributed by atoms with Crippen LogP contribution in [0.5, 0.6) is 5.75 Å². The first-order valence-corrected chi connectivity index (χ1v) is 13.2. The number of pyridine rings is 3. The normalized spacial score (nSPS) is 14.6. The van der Waals surface area contributed by atoms with Crippen molar-refractivity contribution in [2.45, 2.75) is 38.2 Å². The van der Waals surface area contributed by atoms with Gasteiger partial charge in [-0.2, -0.15) is 5.10 Å². The second-order valence-corrected chi connectivity index (χ2v) is 10.2. The quantitative estimate of drug-likeness (QED) is 0.270. The van der Waals surface area contributed by atoms with Crippen molar-refractivity contribution in [2.75, 3.05) is 0 Å².